The molecule has 7 heteroatoms. The van der Waals surface area contributed by atoms with Crippen molar-refractivity contribution in [2.45, 2.75) is 200 Å². The summed E-state index contributed by atoms with van der Waals surface area (Å²) < 4.78 is 16.4. The molecule has 0 bridgehead atoms. The Bertz CT molecular complexity index is 892. The van der Waals surface area contributed by atoms with Crippen molar-refractivity contribution in [2.75, 3.05) is 13.2 Å². The fraction of sp³-hybridized carbons (Fsp3) is 0.805. The number of unbranched alkanes of at least 4 members (excludes halogenated alkanes) is 24. The summed E-state index contributed by atoms with van der Waals surface area (Å²) >= 11 is 0. The van der Waals surface area contributed by atoms with Crippen molar-refractivity contribution in [1.29, 1.82) is 0 Å². The van der Waals surface area contributed by atoms with Gasteiger partial charge >= 0.3 is 17.9 Å². The van der Waals surface area contributed by atoms with Gasteiger partial charge < -0.3 is 14.2 Å². The summed E-state index contributed by atoms with van der Waals surface area (Å²) in [6.07, 6.45) is 35.1. The van der Waals surface area contributed by atoms with Crippen LogP contribution in [-0.4, -0.2) is 42.2 Å². The first-order chi connectivity index (χ1) is 23.6. The van der Waals surface area contributed by atoms with E-state index in [0.29, 0.717) is 18.4 Å². The van der Waals surface area contributed by atoms with Crippen molar-refractivity contribution >= 4 is 17.9 Å². The van der Waals surface area contributed by atoms with Crippen molar-refractivity contribution in [3.8, 4) is 0 Å². The topological polar surface area (TPSA) is 91.8 Å². The lowest BCUT2D eigenvalue weighted by Gasteiger charge is -2.18. The van der Waals surface area contributed by atoms with Gasteiger partial charge in [-0.3, -0.25) is 14.6 Å². The molecule has 0 aliphatic heterocycles. The van der Waals surface area contributed by atoms with Crippen LogP contribution in [0.15, 0.2) is 24.5 Å². The van der Waals surface area contributed by atoms with Crippen LogP contribution in [0.25, 0.3) is 0 Å². The maximum atomic E-state index is 12.6. The molecule has 276 valence electrons. The van der Waals surface area contributed by atoms with Crippen LogP contribution in [0.5, 0.6) is 0 Å². The van der Waals surface area contributed by atoms with Gasteiger partial charge in [0.15, 0.2) is 6.10 Å². The minimum atomic E-state index is -0.837. The van der Waals surface area contributed by atoms with Crippen LogP contribution in [0.3, 0.4) is 0 Å². The molecule has 7 nitrogen and oxygen atoms in total. The molecule has 0 aliphatic rings. The summed E-state index contributed by atoms with van der Waals surface area (Å²) in [5.41, 5.74) is 0.314. The minimum absolute atomic E-state index is 0.123. The Morgan fingerprint density at radius 3 is 1.35 bits per heavy atom. The summed E-state index contributed by atoms with van der Waals surface area (Å²) in [6.45, 7) is 4.21. The normalized spacial score (nSPS) is 11.7. The van der Waals surface area contributed by atoms with E-state index in [1.165, 1.54) is 135 Å². The number of rotatable bonds is 34. The van der Waals surface area contributed by atoms with E-state index in [1.807, 2.05) is 0 Å². The van der Waals surface area contributed by atoms with Crippen LogP contribution < -0.4 is 0 Å². The second-order valence-corrected chi connectivity index (χ2v) is 13.6. The average Bonchev–Trinajstić information content (AvgIpc) is 3.10. The fourth-order valence-corrected chi connectivity index (χ4v) is 5.93. The van der Waals surface area contributed by atoms with Gasteiger partial charge in [-0.05, 0) is 25.0 Å². The number of pyridine rings is 1. The van der Waals surface area contributed by atoms with Gasteiger partial charge in [0.1, 0.15) is 13.2 Å². The molecule has 0 radical (unpaired) electrons. The van der Waals surface area contributed by atoms with Crippen molar-refractivity contribution in [1.82, 2.24) is 4.98 Å². The SMILES string of the molecule is CCCCCCCCCCCCCCCC(=O)OC[C@H](COC(=O)c1cccnc1)OC(=O)CCCCCCCCCCCCCCC. The Balaban J connectivity index is 2.23. The highest BCUT2D eigenvalue weighted by Gasteiger charge is 2.20. The Morgan fingerprint density at radius 1 is 0.542 bits per heavy atom. The van der Waals surface area contributed by atoms with Gasteiger partial charge in [0.25, 0.3) is 0 Å². The van der Waals surface area contributed by atoms with Gasteiger partial charge in [0.2, 0.25) is 0 Å². The van der Waals surface area contributed by atoms with Gasteiger partial charge in [-0.25, -0.2) is 4.79 Å². The third-order valence-corrected chi connectivity index (χ3v) is 8.99. The number of aromatic nitrogens is 1. The van der Waals surface area contributed by atoms with E-state index in [-0.39, 0.29) is 25.2 Å². The van der Waals surface area contributed by atoms with Crippen LogP contribution in [0.4, 0.5) is 0 Å². The van der Waals surface area contributed by atoms with Gasteiger partial charge in [-0.2, -0.15) is 0 Å². The van der Waals surface area contributed by atoms with Crippen LogP contribution in [0, 0.1) is 0 Å². The van der Waals surface area contributed by atoms with Gasteiger partial charge in [-0.15, -0.1) is 0 Å². The first-order valence-corrected chi connectivity index (χ1v) is 20.0. The highest BCUT2D eigenvalue weighted by molar-refractivity contribution is 5.88. The average molecular weight is 674 g/mol. The van der Waals surface area contributed by atoms with E-state index >= 15 is 0 Å². The molecule has 0 fully saturated rings. The molecule has 0 saturated heterocycles. The molecule has 0 unspecified atom stereocenters. The highest BCUT2D eigenvalue weighted by Crippen LogP contribution is 2.15. The molecule has 1 aromatic rings. The number of carbonyl (C=O) groups is 3. The lowest BCUT2D eigenvalue weighted by molar-refractivity contribution is -0.161. The number of nitrogens with zero attached hydrogens (tertiary/aromatic N) is 1. The van der Waals surface area contributed by atoms with Gasteiger partial charge in [0.05, 0.1) is 5.56 Å². The maximum Gasteiger partial charge on any atom is 0.339 e. The molecule has 48 heavy (non-hydrogen) atoms. The molecule has 1 heterocycles. The van der Waals surface area contributed by atoms with E-state index in [2.05, 4.69) is 18.8 Å². The van der Waals surface area contributed by atoms with Crippen LogP contribution in [0.2, 0.25) is 0 Å². The first-order valence-electron chi connectivity index (χ1n) is 20.0. The minimum Gasteiger partial charge on any atom is -0.462 e. The smallest absolute Gasteiger partial charge is 0.339 e. The van der Waals surface area contributed by atoms with Crippen molar-refractivity contribution in [2.24, 2.45) is 0 Å². The fourth-order valence-electron chi connectivity index (χ4n) is 5.93. The largest absolute Gasteiger partial charge is 0.462 e. The second kappa shape index (κ2) is 33.1. The number of ether oxygens (including phenoxy) is 3. The molecule has 1 atom stereocenters. The molecule has 1 rings (SSSR count). The zero-order valence-corrected chi connectivity index (χ0v) is 31.0. The Morgan fingerprint density at radius 2 is 0.938 bits per heavy atom. The van der Waals surface area contributed by atoms with Crippen LogP contribution >= 0.6 is 0 Å². The Kier molecular flexibility index (Phi) is 30.0. The van der Waals surface area contributed by atoms with Crippen LogP contribution in [0.1, 0.15) is 204 Å². The molecular weight excluding hydrogens is 602 g/mol. The number of esters is 3. The zero-order valence-electron chi connectivity index (χ0n) is 31.0. The number of hydrogen-bond donors (Lipinski definition) is 0. The molecule has 0 aromatic carbocycles. The molecule has 0 N–H and O–H groups in total. The monoisotopic (exact) mass is 674 g/mol. The number of carbonyl (C=O) groups excluding carboxylic acids is 3. The molecule has 0 amide bonds. The third-order valence-electron chi connectivity index (χ3n) is 8.99. The van der Waals surface area contributed by atoms with Gasteiger partial charge in [-0.1, -0.05) is 168 Å². The van der Waals surface area contributed by atoms with Crippen molar-refractivity contribution in [3.63, 3.8) is 0 Å². The third kappa shape index (κ3) is 27.5. The van der Waals surface area contributed by atoms with E-state index in [4.69, 9.17) is 14.2 Å². The van der Waals surface area contributed by atoms with Crippen molar-refractivity contribution < 1.29 is 28.6 Å². The van der Waals surface area contributed by atoms with Gasteiger partial charge in [0, 0.05) is 25.2 Å². The maximum absolute atomic E-state index is 12.6. The van der Waals surface area contributed by atoms with E-state index in [9.17, 15) is 14.4 Å². The summed E-state index contributed by atoms with van der Waals surface area (Å²) in [5.74, 6) is -1.22. The second-order valence-electron chi connectivity index (χ2n) is 13.6. The summed E-state index contributed by atoms with van der Waals surface area (Å²) in [4.78, 5) is 41.4. The molecule has 0 spiro atoms. The zero-order chi connectivity index (χ0) is 34.8. The molecule has 0 saturated carbocycles. The molecular formula is C41H71NO6. The predicted octanol–water partition coefficient (Wildman–Crippen LogP) is 11.7. The summed E-state index contributed by atoms with van der Waals surface area (Å²) in [6, 6.07) is 3.27. The first kappa shape index (κ1) is 43.6. The predicted molar refractivity (Wildman–Crippen MR) is 196 cm³/mol. The molecule has 1 aromatic heterocycles. The standard InChI is InChI=1S/C41H71NO6/c1-3-5-7-9-11-13-15-17-19-21-23-25-27-31-39(43)46-35-38(36-47-41(45)37-30-29-33-42-34-37)48-40(44)32-28-26-24-22-20-18-16-14-12-10-8-6-4-2/h29-30,33-34,38H,3-28,31-32,35-36H2,1-2H3/t38-/m1/s1. The summed E-state index contributed by atoms with van der Waals surface area (Å²) in [7, 11) is 0. The lowest BCUT2D eigenvalue weighted by Crippen LogP contribution is -2.31. The lowest BCUT2D eigenvalue weighted by atomic mass is 10.0. The van der Waals surface area contributed by atoms with E-state index in [0.717, 1.165) is 38.5 Å². The van der Waals surface area contributed by atoms with Crippen molar-refractivity contribution in [3.05, 3.63) is 30.1 Å². The summed E-state index contributed by atoms with van der Waals surface area (Å²) in [5, 5.41) is 0. The molecule has 0 aliphatic carbocycles. The van der Waals surface area contributed by atoms with Crippen LogP contribution in [-0.2, 0) is 23.8 Å². The Hall–Kier alpha value is -2.44. The quantitative estimate of drug-likeness (QED) is 0.0408. The Labute approximate surface area is 294 Å². The van der Waals surface area contributed by atoms with E-state index in [1.54, 1.807) is 18.3 Å². The highest BCUT2D eigenvalue weighted by atomic mass is 16.6. The van der Waals surface area contributed by atoms with E-state index < -0.39 is 12.1 Å². The number of hydrogen-bond acceptors (Lipinski definition) is 7.